The first-order chi connectivity index (χ1) is 14.7. The predicted molar refractivity (Wildman–Crippen MR) is 128 cm³/mol. The molecule has 0 heterocycles. The highest BCUT2D eigenvalue weighted by molar-refractivity contribution is 5.62. The van der Waals surface area contributed by atoms with Gasteiger partial charge in [0, 0.05) is 40.9 Å². The van der Waals surface area contributed by atoms with Crippen molar-refractivity contribution in [2.24, 2.45) is 10.8 Å². The summed E-state index contributed by atoms with van der Waals surface area (Å²) in [4.78, 5) is 0. The molecule has 0 fully saturated rings. The number of rotatable bonds is 14. The summed E-state index contributed by atoms with van der Waals surface area (Å²) < 4.78 is 17.7. The third-order valence-electron chi connectivity index (χ3n) is 4.78. The largest absolute Gasteiger partial charge is 0.493 e. The zero-order valence-corrected chi connectivity index (χ0v) is 19.7. The van der Waals surface area contributed by atoms with E-state index in [4.69, 9.17) is 14.2 Å². The molecule has 0 spiro atoms. The zero-order valence-electron chi connectivity index (χ0n) is 19.7. The van der Waals surface area contributed by atoms with Gasteiger partial charge in [-0.2, -0.15) is 0 Å². The first kappa shape index (κ1) is 25.0. The van der Waals surface area contributed by atoms with Crippen LogP contribution in [0.1, 0.15) is 47.5 Å². The average Bonchev–Trinajstić information content (AvgIpc) is 2.75. The first-order valence-electron chi connectivity index (χ1n) is 11.1. The molecule has 0 atom stereocenters. The second kappa shape index (κ2) is 12.0. The van der Waals surface area contributed by atoms with Gasteiger partial charge in [0.15, 0.2) is 0 Å². The minimum Gasteiger partial charge on any atom is -0.493 e. The Bertz CT molecular complexity index is 788. The zero-order chi connectivity index (χ0) is 22.7. The maximum Gasteiger partial charge on any atom is 0.121 e. The highest BCUT2D eigenvalue weighted by Crippen LogP contribution is 2.26. The maximum absolute atomic E-state index is 9.39. The van der Waals surface area contributed by atoms with E-state index in [2.05, 4.69) is 26.1 Å². The molecule has 2 rings (SSSR count). The Kier molecular flexibility index (Phi) is 9.66. The molecule has 0 saturated heterocycles. The van der Waals surface area contributed by atoms with Crippen LogP contribution < -0.4 is 14.8 Å². The topological polar surface area (TPSA) is 60.0 Å². The summed E-state index contributed by atoms with van der Waals surface area (Å²) >= 11 is 0. The van der Waals surface area contributed by atoms with E-state index in [1.807, 2.05) is 62.4 Å². The van der Waals surface area contributed by atoms with Crippen LogP contribution in [0.25, 0.3) is 0 Å². The number of benzene rings is 2. The van der Waals surface area contributed by atoms with Crippen LogP contribution in [0.2, 0.25) is 0 Å². The van der Waals surface area contributed by atoms with Crippen LogP contribution in [0.15, 0.2) is 48.5 Å². The fourth-order valence-electron chi connectivity index (χ4n) is 2.73. The van der Waals surface area contributed by atoms with E-state index in [0.717, 1.165) is 42.3 Å². The van der Waals surface area contributed by atoms with Gasteiger partial charge in [-0.15, -0.1) is 0 Å². The van der Waals surface area contributed by atoms with E-state index in [9.17, 15) is 5.11 Å². The summed E-state index contributed by atoms with van der Waals surface area (Å²) in [5.74, 6) is 1.59. The van der Waals surface area contributed by atoms with Gasteiger partial charge in [-0.1, -0.05) is 53.2 Å². The van der Waals surface area contributed by atoms with Crippen molar-refractivity contribution in [2.45, 2.75) is 47.5 Å². The van der Waals surface area contributed by atoms with Gasteiger partial charge in [-0.25, -0.2) is 0 Å². The van der Waals surface area contributed by atoms with Gasteiger partial charge < -0.3 is 24.6 Å². The lowest BCUT2D eigenvalue weighted by atomic mass is 9.96. The molecule has 5 nitrogen and oxygen atoms in total. The smallest absolute Gasteiger partial charge is 0.121 e. The van der Waals surface area contributed by atoms with Gasteiger partial charge >= 0.3 is 0 Å². The number of hydrogen-bond acceptors (Lipinski definition) is 5. The molecule has 0 aliphatic heterocycles. The quantitative estimate of drug-likeness (QED) is 0.358. The van der Waals surface area contributed by atoms with Gasteiger partial charge in [0.25, 0.3) is 0 Å². The van der Waals surface area contributed by atoms with Crippen molar-refractivity contribution >= 4 is 11.4 Å². The number of hydrogen-bond donors (Lipinski definition) is 2. The van der Waals surface area contributed by atoms with Crippen LogP contribution in [-0.4, -0.2) is 38.1 Å². The molecule has 2 aromatic carbocycles. The summed E-state index contributed by atoms with van der Waals surface area (Å²) in [6.45, 7) is 13.0. The molecule has 0 amide bonds. The first-order valence-corrected chi connectivity index (χ1v) is 11.1. The van der Waals surface area contributed by atoms with Gasteiger partial charge in [-0.05, 0) is 30.7 Å². The lowest BCUT2D eigenvalue weighted by Gasteiger charge is -2.24. The highest BCUT2D eigenvalue weighted by Gasteiger charge is 2.20. The Morgan fingerprint density at radius 3 is 1.87 bits per heavy atom. The number of nitrogens with one attached hydrogen (secondary N) is 1. The molecule has 0 radical (unpaired) electrons. The Morgan fingerprint density at radius 2 is 1.35 bits per heavy atom. The third-order valence-corrected chi connectivity index (χ3v) is 4.78. The van der Waals surface area contributed by atoms with Crippen molar-refractivity contribution in [3.63, 3.8) is 0 Å². The number of aliphatic hydroxyl groups excluding tert-OH is 1. The molecule has 0 saturated carbocycles. The van der Waals surface area contributed by atoms with Crippen molar-refractivity contribution in [3.05, 3.63) is 48.5 Å². The van der Waals surface area contributed by atoms with E-state index < -0.39 is 0 Å². The molecule has 31 heavy (non-hydrogen) atoms. The monoisotopic (exact) mass is 429 g/mol. The van der Waals surface area contributed by atoms with E-state index in [0.29, 0.717) is 19.8 Å². The van der Waals surface area contributed by atoms with Crippen LogP contribution in [0.5, 0.6) is 11.5 Å². The highest BCUT2D eigenvalue weighted by atomic mass is 16.5. The number of unbranched alkanes of at least 4 members (excludes halogenated alkanes) is 1. The van der Waals surface area contributed by atoms with Gasteiger partial charge in [0.1, 0.15) is 11.5 Å². The summed E-state index contributed by atoms with van der Waals surface area (Å²) in [5, 5.41) is 12.8. The van der Waals surface area contributed by atoms with Crippen molar-refractivity contribution in [1.29, 1.82) is 0 Å². The molecule has 0 unspecified atom stereocenters. The molecule has 2 aromatic rings. The molecule has 0 aromatic heterocycles. The van der Waals surface area contributed by atoms with Crippen LogP contribution in [0, 0.1) is 10.8 Å². The van der Waals surface area contributed by atoms with Gasteiger partial charge in [-0.3, -0.25) is 0 Å². The summed E-state index contributed by atoms with van der Waals surface area (Å²) in [7, 11) is 0. The predicted octanol–water partition coefficient (Wildman–Crippen LogP) is 6.05. The molecular weight excluding hydrogens is 390 g/mol. The summed E-state index contributed by atoms with van der Waals surface area (Å²) in [6, 6.07) is 15.8. The van der Waals surface area contributed by atoms with E-state index in [-0.39, 0.29) is 17.4 Å². The molecule has 0 aliphatic rings. The van der Waals surface area contributed by atoms with E-state index in [1.165, 1.54) is 0 Å². The van der Waals surface area contributed by atoms with Crippen molar-refractivity contribution in [1.82, 2.24) is 0 Å². The SMILES string of the molecule is CCCCOCC(C)(C)COc1cccc(Nc2cccc(OCC(C)(C)CO)c2)c1. The van der Waals surface area contributed by atoms with Gasteiger partial charge in [0.05, 0.1) is 26.4 Å². The molecule has 172 valence electrons. The Morgan fingerprint density at radius 1 is 0.806 bits per heavy atom. The number of anilines is 2. The number of ether oxygens (including phenoxy) is 3. The fraction of sp³-hybridized carbons (Fsp3) is 0.538. The van der Waals surface area contributed by atoms with Crippen LogP contribution in [0.3, 0.4) is 0 Å². The Balaban J connectivity index is 1.91. The second-order valence-electron chi connectivity index (χ2n) is 9.65. The third kappa shape index (κ3) is 9.62. The standard InChI is InChI=1S/C26H39NO4/c1-6-7-14-29-18-26(4,5)20-31-24-13-9-11-22(16-24)27-21-10-8-12-23(15-21)30-19-25(2,3)17-28/h8-13,15-16,27-28H,6-7,14,17-20H2,1-5H3. The Labute approximate surface area is 187 Å². The molecule has 5 heteroatoms. The molecular formula is C26H39NO4. The maximum atomic E-state index is 9.39. The minimum absolute atomic E-state index is 0.0504. The minimum atomic E-state index is -0.274. The summed E-state index contributed by atoms with van der Waals surface area (Å²) in [6.07, 6.45) is 2.24. The van der Waals surface area contributed by atoms with E-state index in [1.54, 1.807) is 0 Å². The second-order valence-corrected chi connectivity index (χ2v) is 9.65. The lowest BCUT2D eigenvalue weighted by molar-refractivity contribution is 0.0335. The molecule has 0 bridgehead atoms. The van der Waals surface area contributed by atoms with Gasteiger partial charge in [0.2, 0.25) is 0 Å². The van der Waals surface area contributed by atoms with Crippen LogP contribution in [-0.2, 0) is 4.74 Å². The Hall–Kier alpha value is -2.24. The molecule has 2 N–H and O–H groups in total. The molecule has 0 aliphatic carbocycles. The lowest BCUT2D eigenvalue weighted by Crippen LogP contribution is -2.27. The van der Waals surface area contributed by atoms with Crippen LogP contribution >= 0.6 is 0 Å². The van der Waals surface area contributed by atoms with Crippen molar-refractivity contribution < 1.29 is 19.3 Å². The van der Waals surface area contributed by atoms with Crippen LogP contribution in [0.4, 0.5) is 11.4 Å². The normalized spacial score (nSPS) is 11.9. The van der Waals surface area contributed by atoms with Crippen molar-refractivity contribution in [2.75, 3.05) is 38.4 Å². The average molecular weight is 430 g/mol. The van der Waals surface area contributed by atoms with Crippen molar-refractivity contribution in [3.8, 4) is 11.5 Å². The number of aliphatic hydroxyl groups is 1. The van der Waals surface area contributed by atoms with E-state index >= 15 is 0 Å². The summed E-state index contributed by atoms with van der Waals surface area (Å²) in [5.41, 5.74) is 1.55. The fourth-order valence-corrected chi connectivity index (χ4v) is 2.73.